The van der Waals surface area contributed by atoms with Crippen LogP contribution in [0.15, 0.2) is 18.2 Å². The summed E-state index contributed by atoms with van der Waals surface area (Å²) in [6.45, 7) is 3.48. The Morgan fingerprint density at radius 2 is 1.94 bits per heavy atom. The molecule has 1 saturated carbocycles. The lowest BCUT2D eigenvalue weighted by molar-refractivity contribution is -0.136. The Morgan fingerprint density at radius 1 is 1.10 bits per heavy atom. The average Bonchev–Trinajstić information content (AvgIpc) is 2.99. The second-order valence-electron chi connectivity index (χ2n) is 9.28. The summed E-state index contributed by atoms with van der Waals surface area (Å²) in [6, 6.07) is 4.35. The van der Waals surface area contributed by atoms with Crippen molar-refractivity contribution >= 4 is 23.6 Å². The van der Waals surface area contributed by atoms with E-state index in [0.29, 0.717) is 29.0 Å². The predicted molar refractivity (Wildman–Crippen MR) is 112 cm³/mol. The zero-order chi connectivity index (χ0) is 21.6. The Morgan fingerprint density at radius 3 is 2.68 bits per heavy atom. The lowest BCUT2D eigenvalue weighted by Gasteiger charge is -2.51. The van der Waals surface area contributed by atoms with Gasteiger partial charge < -0.3 is 10.6 Å². The second-order valence-corrected chi connectivity index (χ2v) is 9.28. The molecular formula is C23H28N4O4. The van der Waals surface area contributed by atoms with Crippen molar-refractivity contribution in [2.45, 2.75) is 51.1 Å². The third kappa shape index (κ3) is 3.38. The van der Waals surface area contributed by atoms with E-state index in [0.717, 1.165) is 30.1 Å². The highest BCUT2D eigenvalue weighted by atomic mass is 16.2. The molecule has 3 aliphatic heterocycles. The molecule has 8 heteroatoms. The molecule has 0 bridgehead atoms. The fourth-order valence-electron chi connectivity index (χ4n) is 5.73. The van der Waals surface area contributed by atoms with E-state index in [-0.39, 0.29) is 18.7 Å². The van der Waals surface area contributed by atoms with Crippen LogP contribution in [0.2, 0.25) is 0 Å². The molecule has 3 fully saturated rings. The van der Waals surface area contributed by atoms with Crippen LogP contribution >= 0.6 is 0 Å². The Bertz CT molecular complexity index is 955. The van der Waals surface area contributed by atoms with Crippen LogP contribution in [0.1, 0.15) is 64.8 Å². The van der Waals surface area contributed by atoms with Gasteiger partial charge >= 0.3 is 0 Å². The monoisotopic (exact) mass is 424 g/mol. The minimum Gasteiger partial charge on any atom is -0.316 e. The number of amides is 4. The molecule has 4 aliphatic rings. The van der Waals surface area contributed by atoms with Gasteiger partial charge in [0.25, 0.3) is 11.8 Å². The van der Waals surface area contributed by atoms with Crippen molar-refractivity contribution in [2.24, 2.45) is 11.3 Å². The van der Waals surface area contributed by atoms with Crippen LogP contribution in [-0.2, 0) is 16.1 Å². The maximum Gasteiger partial charge on any atom is 0.262 e. The zero-order valence-electron chi connectivity index (χ0n) is 17.5. The summed E-state index contributed by atoms with van der Waals surface area (Å²) in [5, 5.41) is 9.26. The molecule has 3 heterocycles. The van der Waals surface area contributed by atoms with Crippen molar-refractivity contribution in [3.8, 4) is 0 Å². The van der Waals surface area contributed by atoms with E-state index in [1.165, 1.54) is 25.7 Å². The standard InChI is InChI=1S/C23H28N4O4/c28-18-6-5-17(20(29)26-18)27-21(30)16-4-1-3-14(19(16)22(27)31)11-25-13-15-12-24-10-9-23(15)7-2-8-23/h1,3-4,15,17,24-25H,2,5-13H2,(H,26,28,29). The fraction of sp³-hybridized carbons (Fsp3) is 0.565. The van der Waals surface area contributed by atoms with Crippen molar-refractivity contribution in [2.75, 3.05) is 19.6 Å². The number of carbonyl (C=O) groups excluding carboxylic acids is 4. The molecule has 0 radical (unpaired) electrons. The number of carbonyl (C=O) groups is 4. The normalized spacial score (nSPS) is 27.3. The molecule has 1 aromatic carbocycles. The van der Waals surface area contributed by atoms with Crippen molar-refractivity contribution < 1.29 is 19.2 Å². The van der Waals surface area contributed by atoms with Crippen LogP contribution in [0.5, 0.6) is 0 Å². The number of imide groups is 2. The first-order valence-electron chi connectivity index (χ1n) is 11.3. The van der Waals surface area contributed by atoms with E-state index in [2.05, 4.69) is 16.0 Å². The third-order valence-corrected chi connectivity index (χ3v) is 7.67. The number of rotatable bonds is 5. The first-order chi connectivity index (χ1) is 15.0. The van der Waals surface area contributed by atoms with Gasteiger partial charge in [-0.25, -0.2) is 0 Å². The van der Waals surface area contributed by atoms with Gasteiger partial charge in [-0.3, -0.25) is 29.4 Å². The zero-order valence-corrected chi connectivity index (χ0v) is 17.5. The fourth-order valence-corrected chi connectivity index (χ4v) is 5.73. The summed E-state index contributed by atoms with van der Waals surface area (Å²) in [6.07, 6.45) is 5.44. The van der Waals surface area contributed by atoms with Crippen LogP contribution in [0.4, 0.5) is 0 Å². The van der Waals surface area contributed by atoms with Crippen molar-refractivity contribution in [3.63, 3.8) is 0 Å². The van der Waals surface area contributed by atoms with Gasteiger partial charge in [0.05, 0.1) is 11.1 Å². The number of benzene rings is 1. The minimum absolute atomic E-state index is 0.120. The van der Waals surface area contributed by atoms with Crippen LogP contribution in [-0.4, -0.2) is 54.2 Å². The summed E-state index contributed by atoms with van der Waals surface area (Å²) in [4.78, 5) is 50.9. The van der Waals surface area contributed by atoms with Gasteiger partial charge in [-0.1, -0.05) is 18.6 Å². The molecule has 0 aromatic heterocycles. The molecule has 2 saturated heterocycles. The SMILES string of the molecule is O=C1CCC(N2C(=O)c3cccc(CNCC4CNCCC45CCC5)c3C2=O)C(=O)N1. The van der Waals surface area contributed by atoms with Gasteiger partial charge in [0.2, 0.25) is 11.8 Å². The number of fused-ring (bicyclic) bond motifs is 1. The summed E-state index contributed by atoms with van der Waals surface area (Å²) in [5.41, 5.74) is 1.95. The van der Waals surface area contributed by atoms with Gasteiger partial charge in [-0.15, -0.1) is 0 Å². The average molecular weight is 425 g/mol. The van der Waals surface area contributed by atoms with Crippen LogP contribution in [0.3, 0.4) is 0 Å². The topological polar surface area (TPSA) is 108 Å². The molecule has 2 unspecified atom stereocenters. The molecule has 5 rings (SSSR count). The van der Waals surface area contributed by atoms with E-state index in [1.54, 1.807) is 12.1 Å². The Kier molecular flexibility index (Phi) is 5.14. The number of nitrogens with zero attached hydrogens (tertiary/aromatic N) is 1. The Balaban J connectivity index is 1.30. The van der Waals surface area contributed by atoms with Gasteiger partial charge in [-0.05, 0) is 61.7 Å². The number of piperidine rings is 2. The van der Waals surface area contributed by atoms with Crippen molar-refractivity contribution in [1.82, 2.24) is 20.9 Å². The van der Waals surface area contributed by atoms with Crippen molar-refractivity contribution in [3.05, 3.63) is 34.9 Å². The van der Waals surface area contributed by atoms with E-state index < -0.39 is 23.8 Å². The summed E-state index contributed by atoms with van der Waals surface area (Å²) < 4.78 is 0. The van der Waals surface area contributed by atoms with E-state index >= 15 is 0 Å². The highest BCUT2D eigenvalue weighted by Crippen LogP contribution is 2.50. The third-order valence-electron chi connectivity index (χ3n) is 7.67. The lowest BCUT2D eigenvalue weighted by atomic mass is 9.58. The second kappa shape index (κ2) is 7.84. The molecule has 31 heavy (non-hydrogen) atoms. The van der Waals surface area contributed by atoms with Crippen LogP contribution < -0.4 is 16.0 Å². The Hall–Kier alpha value is -2.58. The largest absolute Gasteiger partial charge is 0.316 e. The highest BCUT2D eigenvalue weighted by Gasteiger charge is 2.46. The molecular weight excluding hydrogens is 396 g/mol. The van der Waals surface area contributed by atoms with E-state index in [1.807, 2.05) is 6.07 Å². The van der Waals surface area contributed by atoms with Gasteiger partial charge in [-0.2, -0.15) is 0 Å². The quantitative estimate of drug-likeness (QED) is 0.608. The maximum absolute atomic E-state index is 13.2. The molecule has 164 valence electrons. The van der Waals surface area contributed by atoms with Gasteiger partial charge in [0.1, 0.15) is 6.04 Å². The van der Waals surface area contributed by atoms with Crippen molar-refractivity contribution in [1.29, 1.82) is 0 Å². The summed E-state index contributed by atoms with van der Waals surface area (Å²) in [5.74, 6) is -1.28. The predicted octanol–water partition coefficient (Wildman–Crippen LogP) is 0.957. The summed E-state index contributed by atoms with van der Waals surface area (Å²) in [7, 11) is 0. The molecule has 8 nitrogen and oxygen atoms in total. The van der Waals surface area contributed by atoms with Crippen LogP contribution in [0.25, 0.3) is 0 Å². The lowest BCUT2D eigenvalue weighted by Crippen LogP contribution is -2.54. The van der Waals surface area contributed by atoms with E-state index in [9.17, 15) is 19.2 Å². The molecule has 2 atom stereocenters. The smallest absolute Gasteiger partial charge is 0.262 e. The Labute approximate surface area is 181 Å². The molecule has 1 aliphatic carbocycles. The first kappa shape index (κ1) is 20.3. The number of hydrogen-bond donors (Lipinski definition) is 3. The molecule has 1 aromatic rings. The van der Waals surface area contributed by atoms with E-state index in [4.69, 9.17) is 0 Å². The highest BCUT2D eigenvalue weighted by molar-refractivity contribution is 6.24. The molecule has 3 N–H and O–H groups in total. The minimum atomic E-state index is -0.933. The van der Waals surface area contributed by atoms with Gasteiger partial charge in [0, 0.05) is 19.5 Å². The number of hydrogen-bond acceptors (Lipinski definition) is 6. The molecule has 1 spiro atoms. The number of nitrogens with one attached hydrogen (secondary N) is 3. The maximum atomic E-state index is 13.2. The van der Waals surface area contributed by atoms with Crippen LogP contribution in [0, 0.1) is 11.3 Å². The summed E-state index contributed by atoms with van der Waals surface area (Å²) >= 11 is 0. The molecule has 4 amide bonds. The van der Waals surface area contributed by atoms with Gasteiger partial charge in [0.15, 0.2) is 0 Å². The first-order valence-corrected chi connectivity index (χ1v) is 11.3.